The standard InChI is InChI=1S/C21H24N4O3S/c1-15-3-6-17(7-4-15)20-14-23-21(28-20)24-19-13-18(8-5-16(19)2)29(26,27)25-11-9-22-10-12-25/h3-8,13-14,22H,9-12H2,1-2H3,(H,23,24). The summed E-state index contributed by atoms with van der Waals surface area (Å²) in [6.45, 7) is 6.20. The van der Waals surface area contributed by atoms with Crippen molar-refractivity contribution in [3.05, 3.63) is 59.8 Å². The maximum atomic E-state index is 13.0. The predicted molar refractivity (Wildman–Crippen MR) is 113 cm³/mol. The molecule has 0 radical (unpaired) electrons. The molecule has 1 fully saturated rings. The SMILES string of the molecule is Cc1ccc(-c2cnc(Nc3cc(S(=O)(=O)N4CCNCC4)ccc3C)o2)cc1. The van der Waals surface area contributed by atoms with Crippen LogP contribution in [-0.4, -0.2) is 43.9 Å². The van der Waals surface area contributed by atoms with Crippen LogP contribution in [-0.2, 0) is 10.0 Å². The second kappa shape index (κ2) is 7.98. The molecule has 1 saturated heterocycles. The van der Waals surface area contributed by atoms with Gasteiger partial charge in [0.15, 0.2) is 5.76 Å². The first-order valence-corrected chi connectivity index (χ1v) is 11.0. The number of anilines is 2. The van der Waals surface area contributed by atoms with Gasteiger partial charge in [0, 0.05) is 37.4 Å². The maximum absolute atomic E-state index is 13.0. The quantitative estimate of drug-likeness (QED) is 0.669. The lowest BCUT2D eigenvalue weighted by Gasteiger charge is -2.26. The summed E-state index contributed by atoms with van der Waals surface area (Å²) in [4.78, 5) is 4.55. The number of hydrogen-bond acceptors (Lipinski definition) is 6. The van der Waals surface area contributed by atoms with E-state index >= 15 is 0 Å². The lowest BCUT2D eigenvalue weighted by Crippen LogP contribution is -2.46. The molecule has 0 amide bonds. The molecule has 1 aliphatic rings. The Morgan fingerprint density at radius 2 is 1.79 bits per heavy atom. The van der Waals surface area contributed by atoms with Gasteiger partial charge in [0.25, 0.3) is 6.01 Å². The fraction of sp³-hybridized carbons (Fsp3) is 0.286. The van der Waals surface area contributed by atoms with Gasteiger partial charge >= 0.3 is 0 Å². The molecule has 29 heavy (non-hydrogen) atoms. The van der Waals surface area contributed by atoms with Gasteiger partial charge in [-0.05, 0) is 31.5 Å². The second-order valence-electron chi connectivity index (χ2n) is 7.15. The first-order valence-electron chi connectivity index (χ1n) is 9.55. The molecule has 3 aromatic rings. The number of sulfonamides is 1. The van der Waals surface area contributed by atoms with E-state index in [4.69, 9.17) is 4.42 Å². The number of hydrogen-bond donors (Lipinski definition) is 2. The van der Waals surface area contributed by atoms with E-state index in [1.165, 1.54) is 9.87 Å². The highest BCUT2D eigenvalue weighted by Gasteiger charge is 2.26. The highest BCUT2D eigenvalue weighted by molar-refractivity contribution is 7.89. The van der Waals surface area contributed by atoms with Crippen LogP contribution in [0, 0.1) is 13.8 Å². The molecular formula is C21H24N4O3S. The van der Waals surface area contributed by atoms with Crippen LogP contribution in [0.15, 0.2) is 58.0 Å². The van der Waals surface area contributed by atoms with E-state index in [-0.39, 0.29) is 4.90 Å². The van der Waals surface area contributed by atoms with Gasteiger partial charge in [-0.2, -0.15) is 4.31 Å². The average molecular weight is 413 g/mol. The number of benzene rings is 2. The van der Waals surface area contributed by atoms with Gasteiger partial charge in [-0.15, -0.1) is 0 Å². The van der Waals surface area contributed by atoms with Crippen molar-refractivity contribution in [2.24, 2.45) is 0 Å². The van der Waals surface area contributed by atoms with Crippen LogP contribution in [0.1, 0.15) is 11.1 Å². The molecule has 2 aromatic carbocycles. The minimum absolute atomic E-state index is 0.262. The minimum Gasteiger partial charge on any atom is -0.423 e. The molecule has 0 bridgehead atoms. The van der Waals surface area contributed by atoms with E-state index in [0.717, 1.165) is 11.1 Å². The number of oxazole rings is 1. The van der Waals surface area contributed by atoms with E-state index in [1.807, 2.05) is 38.1 Å². The highest BCUT2D eigenvalue weighted by atomic mass is 32.2. The average Bonchev–Trinajstić information content (AvgIpc) is 3.19. The van der Waals surface area contributed by atoms with Gasteiger partial charge in [0.1, 0.15) is 0 Å². The molecule has 0 atom stereocenters. The normalized spacial score (nSPS) is 15.4. The molecule has 2 N–H and O–H groups in total. The van der Waals surface area contributed by atoms with Crippen LogP contribution in [0.3, 0.4) is 0 Å². The predicted octanol–water partition coefficient (Wildman–Crippen LogP) is 3.30. The fourth-order valence-electron chi connectivity index (χ4n) is 3.23. The van der Waals surface area contributed by atoms with E-state index in [9.17, 15) is 8.42 Å². The summed E-state index contributed by atoms with van der Waals surface area (Å²) >= 11 is 0. The first kappa shape index (κ1) is 19.6. The Balaban J connectivity index is 1.58. The molecule has 152 valence electrons. The Labute approximate surface area is 170 Å². The van der Waals surface area contributed by atoms with Crippen LogP contribution in [0.5, 0.6) is 0 Å². The zero-order valence-electron chi connectivity index (χ0n) is 16.5. The summed E-state index contributed by atoms with van der Waals surface area (Å²) in [6, 6.07) is 13.4. The van der Waals surface area contributed by atoms with Crippen LogP contribution in [0.4, 0.5) is 11.7 Å². The number of aromatic nitrogens is 1. The Morgan fingerprint density at radius 3 is 2.52 bits per heavy atom. The summed E-state index contributed by atoms with van der Waals surface area (Å²) in [5.74, 6) is 0.648. The van der Waals surface area contributed by atoms with Crippen LogP contribution < -0.4 is 10.6 Å². The van der Waals surface area contributed by atoms with E-state index < -0.39 is 10.0 Å². The van der Waals surface area contributed by atoms with Crippen molar-refractivity contribution in [2.75, 3.05) is 31.5 Å². The van der Waals surface area contributed by atoms with Crippen molar-refractivity contribution in [1.82, 2.24) is 14.6 Å². The Bertz CT molecular complexity index is 1100. The third kappa shape index (κ3) is 4.19. The van der Waals surface area contributed by atoms with E-state index in [0.29, 0.717) is 43.6 Å². The maximum Gasteiger partial charge on any atom is 0.299 e. The van der Waals surface area contributed by atoms with Crippen molar-refractivity contribution < 1.29 is 12.8 Å². The molecule has 8 heteroatoms. The van der Waals surface area contributed by atoms with Gasteiger partial charge in [0.2, 0.25) is 10.0 Å². The number of aryl methyl sites for hydroxylation is 2. The fourth-order valence-corrected chi connectivity index (χ4v) is 4.70. The number of piperazine rings is 1. The molecule has 0 unspecified atom stereocenters. The van der Waals surface area contributed by atoms with Crippen LogP contribution in [0.25, 0.3) is 11.3 Å². The van der Waals surface area contributed by atoms with Gasteiger partial charge in [-0.25, -0.2) is 13.4 Å². The summed E-state index contributed by atoms with van der Waals surface area (Å²) in [5.41, 5.74) is 3.66. The lowest BCUT2D eigenvalue weighted by molar-refractivity contribution is 0.360. The highest BCUT2D eigenvalue weighted by Crippen LogP contribution is 2.28. The molecular weight excluding hydrogens is 388 g/mol. The summed E-state index contributed by atoms with van der Waals surface area (Å²) < 4.78 is 33.2. The van der Waals surface area contributed by atoms with Crippen molar-refractivity contribution >= 4 is 21.7 Å². The zero-order chi connectivity index (χ0) is 20.4. The molecule has 2 heterocycles. The van der Waals surface area contributed by atoms with E-state index in [1.54, 1.807) is 24.4 Å². The van der Waals surface area contributed by atoms with Crippen molar-refractivity contribution in [3.63, 3.8) is 0 Å². The van der Waals surface area contributed by atoms with Crippen molar-refractivity contribution in [1.29, 1.82) is 0 Å². The third-order valence-electron chi connectivity index (χ3n) is 5.01. The molecule has 0 saturated carbocycles. The molecule has 0 aliphatic carbocycles. The molecule has 4 rings (SSSR count). The van der Waals surface area contributed by atoms with E-state index in [2.05, 4.69) is 15.6 Å². The van der Waals surface area contributed by atoms with Gasteiger partial charge in [0.05, 0.1) is 11.1 Å². The smallest absolute Gasteiger partial charge is 0.299 e. The Kier molecular flexibility index (Phi) is 5.40. The largest absolute Gasteiger partial charge is 0.423 e. The van der Waals surface area contributed by atoms with Gasteiger partial charge in [-0.3, -0.25) is 0 Å². The molecule has 0 spiro atoms. The van der Waals surface area contributed by atoms with Crippen molar-refractivity contribution in [3.8, 4) is 11.3 Å². The topological polar surface area (TPSA) is 87.5 Å². The second-order valence-corrected chi connectivity index (χ2v) is 9.09. The number of rotatable bonds is 5. The monoisotopic (exact) mass is 412 g/mol. The minimum atomic E-state index is -3.53. The lowest BCUT2D eigenvalue weighted by atomic mass is 10.1. The molecule has 1 aliphatic heterocycles. The van der Waals surface area contributed by atoms with Crippen molar-refractivity contribution in [2.45, 2.75) is 18.7 Å². The summed E-state index contributed by atoms with van der Waals surface area (Å²) in [5, 5.41) is 6.29. The first-order chi connectivity index (χ1) is 13.9. The molecule has 7 nitrogen and oxygen atoms in total. The van der Waals surface area contributed by atoms with Gasteiger partial charge in [-0.1, -0.05) is 35.9 Å². The molecule has 1 aromatic heterocycles. The number of nitrogens with zero attached hydrogens (tertiary/aromatic N) is 2. The summed E-state index contributed by atoms with van der Waals surface area (Å²) in [6.07, 6.45) is 1.66. The van der Waals surface area contributed by atoms with Crippen LogP contribution >= 0.6 is 0 Å². The zero-order valence-corrected chi connectivity index (χ0v) is 17.3. The Hall–Kier alpha value is -2.68. The Morgan fingerprint density at radius 1 is 1.07 bits per heavy atom. The van der Waals surface area contributed by atoms with Crippen LogP contribution in [0.2, 0.25) is 0 Å². The third-order valence-corrected chi connectivity index (χ3v) is 6.90. The number of nitrogens with one attached hydrogen (secondary N) is 2. The summed E-state index contributed by atoms with van der Waals surface area (Å²) in [7, 11) is -3.53. The van der Waals surface area contributed by atoms with Gasteiger partial charge < -0.3 is 15.1 Å².